The predicted molar refractivity (Wildman–Crippen MR) is 61.6 cm³/mol. The van der Waals surface area contributed by atoms with Crippen LogP contribution in [0.15, 0.2) is 18.2 Å². The lowest BCUT2D eigenvalue weighted by molar-refractivity contribution is 0.0955. The molecular weight excluding hydrogens is 212 g/mol. The molecule has 0 fully saturated rings. The van der Waals surface area contributed by atoms with E-state index in [0.29, 0.717) is 29.2 Å². The molecule has 0 unspecified atom stereocenters. The van der Waals surface area contributed by atoms with E-state index in [2.05, 4.69) is 11.2 Å². The number of terminal acetylenes is 1. The molecule has 0 saturated heterocycles. The summed E-state index contributed by atoms with van der Waals surface area (Å²) in [6.45, 7) is 0.431. The lowest BCUT2D eigenvalue weighted by Crippen LogP contribution is -2.24. The van der Waals surface area contributed by atoms with Gasteiger partial charge in [-0.2, -0.15) is 0 Å². The first-order valence-electron chi connectivity index (χ1n) is 4.42. The molecule has 15 heavy (non-hydrogen) atoms. The molecule has 1 aromatic carbocycles. The number of carbonyl (C=O) groups excluding carboxylic acids is 1. The van der Waals surface area contributed by atoms with Crippen molar-refractivity contribution in [1.29, 1.82) is 0 Å². The first-order chi connectivity index (χ1) is 7.15. The minimum absolute atomic E-state index is 0.262. The molecular formula is C11H11ClN2O. The van der Waals surface area contributed by atoms with E-state index < -0.39 is 0 Å². The van der Waals surface area contributed by atoms with Crippen molar-refractivity contribution < 1.29 is 4.79 Å². The third-order valence-corrected chi connectivity index (χ3v) is 2.12. The third-order valence-electron chi connectivity index (χ3n) is 1.79. The average molecular weight is 223 g/mol. The molecule has 0 saturated carbocycles. The van der Waals surface area contributed by atoms with E-state index in [1.807, 2.05) is 0 Å². The van der Waals surface area contributed by atoms with Gasteiger partial charge in [-0.05, 0) is 18.2 Å². The second-order valence-corrected chi connectivity index (χ2v) is 3.36. The van der Waals surface area contributed by atoms with Crippen LogP contribution in [0, 0.1) is 12.3 Å². The summed E-state index contributed by atoms with van der Waals surface area (Å²) < 4.78 is 0. The molecule has 0 atom stereocenters. The molecule has 0 heterocycles. The summed E-state index contributed by atoms with van der Waals surface area (Å²) in [6, 6.07) is 4.76. The Hall–Kier alpha value is -1.66. The van der Waals surface area contributed by atoms with E-state index in [4.69, 9.17) is 23.8 Å². The highest BCUT2D eigenvalue weighted by Gasteiger charge is 2.09. The van der Waals surface area contributed by atoms with E-state index in [9.17, 15) is 4.79 Å². The molecule has 0 aromatic heterocycles. The second-order valence-electron chi connectivity index (χ2n) is 2.95. The number of benzene rings is 1. The van der Waals surface area contributed by atoms with Crippen molar-refractivity contribution in [2.75, 3.05) is 12.3 Å². The van der Waals surface area contributed by atoms with Crippen molar-refractivity contribution >= 4 is 23.2 Å². The Labute approximate surface area is 93.6 Å². The van der Waals surface area contributed by atoms with Crippen LogP contribution < -0.4 is 11.1 Å². The Morgan fingerprint density at radius 3 is 3.00 bits per heavy atom. The van der Waals surface area contributed by atoms with Gasteiger partial charge in [0.05, 0.1) is 10.6 Å². The fourth-order valence-corrected chi connectivity index (χ4v) is 1.26. The van der Waals surface area contributed by atoms with E-state index in [-0.39, 0.29) is 5.91 Å². The van der Waals surface area contributed by atoms with E-state index in [1.165, 1.54) is 6.07 Å². The minimum Gasteiger partial charge on any atom is -0.399 e. The smallest absolute Gasteiger partial charge is 0.252 e. The van der Waals surface area contributed by atoms with Crippen LogP contribution >= 0.6 is 11.6 Å². The van der Waals surface area contributed by atoms with Crippen LogP contribution in [-0.2, 0) is 0 Å². The van der Waals surface area contributed by atoms with Crippen molar-refractivity contribution in [1.82, 2.24) is 5.32 Å². The standard InChI is InChI=1S/C11H11ClN2O/c1-2-3-6-14-11(15)9-7-8(13)4-5-10(9)12/h1,4-5,7H,3,6,13H2,(H,14,15). The molecule has 0 bridgehead atoms. The maximum absolute atomic E-state index is 11.6. The molecule has 0 aliphatic rings. The summed E-state index contributed by atoms with van der Waals surface area (Å²) in [6.07, 6.45) is 5.55. The van der Waals surface area contributed by atoms with Crippen LogP contribution in [0.4, 0.5) is 5.69 Å². The zero-order valence-corrected chi connectivity index (χ0v) is 8.84. The lowest BCUT2D eigenvalue weighted by atomic mass is 10.2. The normalized spacial score (nSPS) is 9.33. The molecule has 78 valence electrons. The summed E-state index contributed by atoms with van der Waals surface area (Å²) in [7, 11) is 0. The molecule has 0 radical (unpaired) electrons. The van der Waals surface area contributed by atoms with Crippen LogP contribution in [0.5, 0.6) is 0 Å². The summed E-state index contributed by atoms with van der Waals surface area (Å²) in [5.41, 5.74) is 6.42. The van der Waals surface area contributed by atoms with Crippen LogP contribution in [0.25, 0.3) is 0 Å². The molecule has 4 heteroatoms. The lowest BCUT2D eigenvalue weighted by Gasteiger charge is -2.05. The summed E-state index contributed by atoms with van der Waals surface area (Å²) in [5.74, 6) is 2.17. The van der Waals surface area contributed by atoms with Crippen molar-refractivity contribution in [2.24, 2.45) is 0 Å². The first kappa shape index (κ1) is 11.4. The zero-order chi connectivity index (χ0) is 11.3. The van der Waals surface area contributed by atoms with Crippen molar-refractivity contribution in [3.63, 3.8) is 0 Å². The Morgan fingerprint density at radius 1 is 1.60 bits per heavy atom. The largest absolute Gasteiger partial charge is 0.399 e. The molecule has 1 rings (SSSR count). The number of nitrogens with one attached hydrogen (secondary N) is 1. The number of hydrogen-bond donors (Lipinski definition) is 2. The molecule has 0 aliphatic heterocycles. The molecule has 0 aliphatic carbocycles. The Bertz CT molecular complexity index is 410. The zero-order valence-electron chi connectivity index (χ0n) is 8.09. The van der Waals surface area contributed by atoms with Crippen LogP contribution in [0.3, 0.4) is 0 Å². The van der Waals surface area contributed by atoms with Gasteiger partial charge in [0.2, 0.25) is 0 Å². The quantitative estimate of drug-likeness (QED) is 0.465. The Kier molecular flexibility index (Phi) is 4.02. The van der Waals surface area contributed by atoms with Crippen molar-refractivity contribution in [2.45, 2.75) is 6.42 Å². The number of rotatable bonds is 3. The molecule has 3 nitrogen and oxygen atoms in total. The highest BCUT2D eigenvalue weighted by Crippen LogP contribution is 2.18. The van der Waals surface area contributed by atoms with Gasteiger partial charge < -0.3 is 11.1 Å². The maximum atomic E-state index is 11.6. The van der Waals surface area contributed by atoms with E-state index >= 15 is 0 Å². The number of amides is 1. The molecule has 3 N–H and O–H groups in total. The van der Waals surface area contributed by atoms with Gasteiger partial charge >= 0.3 is 0 Å². The van der Waals surface area contributed by atoms with Crippen LogP contribution in [0.1, 0.15) is 16.8 Å². The molecule has 1 aromatic rings. The van der Waals surface area contributed by atoms with Gasteiger partial charge in [-0.1, -0.05) is 11.6 Å². The summed E-state index contributed by atoms with van der Waals surface area (Å²) in [5, 5.41) is 3.02. The predicted octanol–water partition coefficient (Wildman–Crippen LogP) is 1.68. The van der Waals surface area contributed by atoms with Gasteiger partial charge in [0.15, 0.2) is 0 Å². The number of anilines is 1. The van der Waals surface area contributed by atoms with E-state index in [1.54, 1.807) is 12.1 Å². The topological polar surface area (TPSA) is 55.1 Å². The van der Waals surface area contributed by atoms with Gasteiger partial charge in [-0.25, -0.2) is 0 Å². The van der Waals surface area contributed by atoms with Crippen LogP contribution in [0.2, 0.25) is 5.02 Å². The first-order valence-corrected chi connectivity index (χ1v) is 4.79. The van der Waals surface area contributed by atoms with Gasteiger partial charge in [-0.15, -0.1) is 12.3 Å². The number of halogens is 1. The van der Waals surface area contributed by atoms with Crippen molar-refractivity contribution in [3.8, 4) is 12.3 Å². The number of hydrogen-bond acceptors (Lipinski definition) is 2. The van der Waals surface area contributed by atoms with Gasteiger partial charge in [0.25, 0.3) is 5.91 Å². The van der Waals surface area contributed by atoms with Gasteiger partial charge in [0, 0.05) is 18.7 Å². The van der Waals surface area contributed by atoms with Crippen LogP contribution in [-0.4, -0.2) is 12.5 Å². The average Bonchev–Trinajstić information content (AvgIpc) is 2.22. The highest BCUT2D eigenvalue weighted by molar-refractivity contribution is 6.34. The number of nitrogens with two attached hydrogens (primary N) is 1. The number of carbonyl (C=O) groups is 1. The second kappa shape index (κ2) is 5.28. The minimum atomic E-state index is -0.262. The van der Waals surface area contributed by atoms with Gasteiger partial charge in [0.1, 0.15) is 0 Å². The van der Waals surface area contributed by atoms with E-state index in [0.717, 1.165) is 0 Å². The maximum Gasteiger partial charge on any atom is 0.252 e. The Balaban J connectivity index is 2.73. The van der Waals surface area contributed by atoms with Crippen molar-refractivity contribution in [3.05, 3.63) is 28.8 Å². The molecule has 1 amide bonds. The third kappa shape index (κ3) is 3.19. The SMILES string of the molecule is C#CCCNC(=O)c1cc(N)ccc1Cl. The summed E-state index contributed by atoms with van der Waals surface area (Å²) in [4.78, 5) is 11.6. The summed E-state index contributed by atoms with van der Waals surface area (Å²) >= 11 is 5.85. The molecule has 0 spiro atoms. The Morgan fingerprint density at radius 2 is 2.33 bits per heavy atom. The fourth-order valence-electron chi connectivity index (χ4n) is 1.06. The highest BCUT2D eigenvalue weighted by atomic mass is 35.5. The fraction of sp³-hybridized carbons (Fsp3) is 0.182. The van der Waals surface area contributed by atoms with Gasteiger partial charge in [-0.3, -0.25) is 4.79 Å². The monoisotopic (exact) mass is 222 g/mol. The number of nitrogen functional groups attached to an aromatic ring is 1.